The van der Waals surface area contributed by atoms with Crippen molar-refractivity contribution in [3.8, 4) is 0 Å². The number of hydroxylamine groups is 2. The number of nitrogens with zero attached hydrogens (tertiary/aromatic N) is 2. The SMILES string of the molecule is C=Cc1cc2c(s1)C=C(C(=O)N(CCC)OCC)CC(N)=N2. The van der Waals surface area contributed by atoms with Crippen LogP contribution >= 0.6 is 11.3 Å². The van der Waals surface area contributed by atoms with Gasteiger partial charge in [-0.2, -0.15) is 0 Å². The van der Waals surface area contributed by atoms with E-state index < -0.39 is 0 Å². The predicted molar refractivity (Wildman–Crippen MR) is 91.9 cm³/mol. The van der Waals surface area contributed by atoms with Crippen LogP contribution in [0.1, 0.15) is 36.4 Å². The van der Waals surface area contributed by atoms with E-state index in [2.05, 4.69) is 11.6 Å². The number of hydrogen-bond donors (Lipinski definition) is 1. The Labute approximate surface area is 134 Å². The molecule has 1 aromatic heterocycles. The second-order valence-electron chi connectivity index (χ2n) is 4.88. The lowest BCUT2D eigenvalue weighted by Crippen LogP contribution is -2.34. The second-order valence-corrected chi connectivity index (χ2v) is 5.99. The van der Waals surface area contributed by atoms with Crippen LogP contribution in [0.5, 0.6) is 0 Å². The minimum Gasteiger partial charge on any atom is -0.387 e. The number of hydrogen-bond acceptors (Lipinski definition) is 5. The zero-order chi connectivity index (χ0) is 16.1. The molecular formula is C16H21N3O2S. The van der Waals surface area contributed by atoms with Crippen LogP contribution in [0.15, 0.2) is 23.2 Å². The predicted octanol–water partition coefficient (Wildman–Crippen LogP) is 3.36. The van der Waals surface area contributed by atoms with Crippen LogP contribution in [0.3, 0.4) is 0 Å². The lowest BCUT2D eigenvalue weighted by Gasteiger charge is -2.21. The Bertz CT molecular complexity index is 625. The largest absolute Gasteiger partial charge is 0.387 e. The fourth-order valence-corrected chi connectivity index (χ4v) is 3.10. The quantitative estimate of drug-likeness (QED) is 0.818. The number of amidine groups is 1. The molecule has 0 fully saturated rings. The van der Waals surface area contributed by atoms with Crippen molar-refractivity contribution in [2.24, 2.45) is 10.7 Å². The normalized spacial score (nSPS) is 13.7. The van der Waals surface area contributed by atoms with E-state index in [9.17, 15) is 4.79 Å². The molecule has 0 aromatic carbocycles. The van der Waals surface area contributed by atoms with Crippen molar-refractivity contribution in [1.29, 1.82) is 0 Å². The Morgan fingerprint density at radius 2 is 2.36 bits per heavy atom. The molecule has 0 aliphatic carbocycles. The van der Waals surface area contributed by atoms with Gasteiger partial charge in [0.2, 0.25) is 0 Å². The van der Waals surface area contributed by atoms with Crippen LogP contribution in [-0.4, -0.2) is 30.0 Å². The van der Waals surface area contributed by atoms with Gasteiger partial charge in [-0.15, -0.1) is 11.3 Å². The molecule has 0 radical (unpaired) electrons. The monoisotopic (exact) mass is 319 g/mol. The van der Waals surface area contributed by atoms with E-state index in [1.807, 2.05) is 26.0 Å². The fraction of sp³-hybridized carbons (Fsp3) is 0.375. The van der Waals surface area contributed by atoms with Crippen LogP contribution in [0.4, 0.5) is 5.69 Å². The van der Waals surface area contributed by atoms with E-state index >= 15 is 0 Å². The molecular weight excluding hydrogens is 298 g/mol. The molecule has 118 valence electrons. The van der Waals surface area contributed by atoms with Gasteiger partial charge < -0.3 is 5.73 Å². The molecule has 0 saturated carbocycles. The minimum absolute atomic E-state index is 0.150. The van der Waals surface area contributed by atoms with E-state index in [-0.39, 0.29) is 5.91 Å². The van der Waals surface area contributed by atoms with Gasteiger partial charge in [0.05, 0.1) is 17.2 Å². The third kappa shape index (κ3) is 3.64. The van der Waals surface area contributed by atoms with Gasteiger partial charge in [0.25, 0.3) is 5.91 Å². The highest BCUT2D eigenvalue weighted by Gasteiger charge is 2.22. The number of rotatable bonds is 6. The standard InChI is InChI=1S/C16H21N3O2S/c1-4-7-19(21-6-3)16(20)11-8-14-13(18-15(17)9-11)10-12(5-2)22-14/h5,8,10H,2,4,6-7,9H2,1,3H3,(H2,17,18). The first-order chi connectivity index (χ1) is 10.6. The van der Waals surface area contributed by atoms with Gasteiger partial charge in [-0.25, -0.2) is 10.1 Å². The van der Waals surface area contributed by atoms with Crippen molar-refractivity contribution >= 4 is 40.9 Å². The number of carbonyl (C=O) groups excluding carboxylic acids is 1. The number of fused-ring (bicyclic) bond motifs is 1. The van der Waals surface area contributed by atoms with Crippen molar-refractivity contribution in [2.75, 3.05) is 13.2 Å². The molecule has 0 unspecified atom stereocenters. The van der Waals surface area contributed by atoms with Gasteiger partial charge in [-0.3, -0.25) is 9.63 Å². The average molecular weight is 319 g/mol. The molecule has 0 atom stereocenters. The van der Waals surface area contributed by atoms with Crippen LogP contribution in [0, 0.1) is 0 Å². The van der Waals surface area contributed by atoms with Gasteiger partial charge in [0.1, 0.15) is 5.84 Å². The van der Waals surface area contributed by atoms with E-state index in [0.29, 0.717) is 31.0 Å². The van der Waals surface area contributed by atoms with Crippen molar-refractivity contribution in [1.82, 2.24) is 5.06 Å². The van der Waals surface area contributed by atoms with Gasteiger partial charge in [-0.05, 0) is 25.5 Å². The molecule has 0 saturated heterocycles. The summed E-state index contributed by atoms with van der Waals surface area (Å²) >= 11 is 1.54. The first kappa shape index (κ1) is 16.5. The highest BCUT2D eigenvalue weighted by Crippen LogP contribution is 2.35. The van der Waals surface area contributed by atoms with E-state index in [1.54, 1.807) is 17.4 Å². The first-order valence-corrected chi connectivity index (χ1v) is 8.15. The molecule has 1 aliphatic rings. The molecule has 0 bridgehead atoms. The van der Waals surface area contributed by atoms with Crippen molar-refractivity contribution in [3.63, 3.8) is 0 Å². The van der Waals surface area contributed by atoms with Gasteiger partial charge in [0.15, 0.2) is 0 Å². The molecule has 5 nitrogen and oxygen atoms in total. The topological polar surface area (TPSA) is 67.9 Å². The average Bonchev–Trinajstić information content (AvgIpc) is 2.80. The molecule has 1 amide bonds. The van der Waals surface area contributed by atoms with Gasteiger partial charge >= 0.3 is 0 Å². The molecule has 6 heteroatoms. The highest BCUT2D eigenvalue weighted by molar-refractivity contribution is 7.14. The van der Waals surface area contributed by atoms with Gasteiger partial charge in [-0.1, -0.05) is 19.6 Å². The summed E-state index contributed by atoms with van der Waals surface area (Å²) in [5.41, 5.74) is 7.34. The lowest BCUT2D eigenvalue weighted by atomic mass is 10.1. The third-order valence-electron chi connectivity index (χ3n) is 3.11. The van der Waals surface area contributed by atoms with Gasteiger partial charge in [0, 0.05) is 23.4 Å². The van der Waals surface area contributed by atoms with E-state index in [0.717, 1.165) is 21.9 Å². The maximum Gasteiger partial charge on any atom is 0.273 e. The van der Waals surface area contributed by atoms with Crippen LogP contribution in [-0.2, 0) is 9.63 Å². The maximum absolute atomic E-state index is 12.7. The Kier molecular flexibility index (Phi) is 5.51. The van der Waals surface area contributed by atoms with Crippen molar-refractivity contribution in [2.45, 2.75) is 26.7 Å². The van der Waals surface area contributed by atoms with Crippen LogP contribution in [0.2, 0.25) is 0 Å². The molecule has 22 heavy (non-hydrogen) atoms. The molecule has 2 heterocycles. The fourth-order valence-electron chi connectivity index (χ4n) is 2.19. The molecule has 0 spiro atoms. The summed E-state index contributed by atoms with van der Waals surface area (Å²) in [6.45, 7) is 8.63. The first-order valence-electron chi connectivity index (χ1n) is 7.33. The number of nitrogens with two attached hydrogens (primary N) is 1. The van der Waals surface area contributed by atoms with E-state index in [4.69, 9.17) is 10.6 Å². The van der Waals surface area contributed by atoms with Crippen molar-refractivity contribution in [3.05, 3.63) is 28.0 Å². The molecule has 2 rings (SSSR count). The Morgan fingerprint density at radius 1 is 1.59 bits per heavy atom. The lowest BCUT2D eigenvalue weighted by molar-refractivity contribution is -0.180. The Balaban J connectivity index is 2.35. The molecule has 1 aromatic rings. The van der Waals surface area contributed by atoms with E-state index in [1.165, 1.54) is 5.06 Å². The van der Waals surface area contributed by atoms with Crippen molar-refractivity contribution < 1.29 is 9.63 Å². The zero-order valence-electron chi connectivity index (χ0n) is 13.0. The number of thiophene rings is 1. The minimum atomic E-state index is -0.150. The summed E-state index contributed by atoms with van der Waals surface area (Å²) in [7, 11) is 0. The van der Waals surface area contributed by atoms with Crippen LogP contribution in [0.25, 0.3) is 12.2 Å². The summed E-state index contributed by atoms with van der Waals surface area (Å²) < 4.78 is 0. The summed E-state index contributed by atoms with van der Waals surface area (Å²) in [5.74, 6) is 0.281. The maximum atomic E-state index is 12.7. The smallest absolute Gasteiger partial charge is 0.273 e. The van der Waals surface area contributed by atoms with Crippen LogP contribution < -0.4 is 5.73 Å². The summed E-state index contributed by atoms with van der Waals surface area (Å²) in [4.78, 5) is 24.4. The second kappa shape index (κ2) is 7.38. The Morgan fingerprint density at radius 3 is 3.00 bits per heavy atom. The highest BCUT2D eigenvalue weighted by atomic mass is 32.1. The number of aliphatic imine (C=N–C) groups is 1. The third-order valence-corrected chi connectivity index (χ3v) is 4.18. The molecule has 1 aliphatic heterocycles. The summed E-state index contributed by atoms with van der Waals surface area (Å²) in [6, 6.07) is 1.93. The number of carbonyl (C=O) groups is 1. The summed E-state index contributed by atoms with van der Waals surface area (Å²) in [5, 5.41) is 1.41. The molecule has 2 N–H and O–H groups in total. The zero-order valence-corrected chi connectivity index (χ0v) is 13.8. The summed E-state index contributed by atoms with van der Waals surface area (Å²) in [6.07, 6.45) is 4.79. The Hall–Kier alpha value is -1.92. The number of amides is 1.